The summed E-state index contributed by atoms with van der Waals surface area (Å²) >= 11 is 0. The minimum absolute atomic E-state index is 0.0740. The molecule has 0 bridgehead atoms. The number of ether oxygens (including phenoxy) is 2. The zero-order valence-electron chi connectivity index (χ0n) is 12.8. The Morgan fingerprint density at radius 1 is 1.25 bits per heavy atom. The lowest BCUT2D eigenvalue weighted by Crippen LogP contribution is -2.38. The molecule has 6 nitrogen and oxygen atoms in total. The molecule has 1 amide bonds. The summed E-state index contributed by atoms with van der Waals surface area (Å²) in [6, 6.07) is 0. The molecule has 0 saturated carbocycles. The number of hydrogen-bond donors (Lipinski definition) is 2. The van der Waals surface area contributed by atoms with Gasteiger partial charge in [-0.2, -0.15) is 0 Å². The van der Waals surface area contributed by atoms with Crippen molar-refractivity contribution in [2.75, 3.05) is 26.7 Å². The van der Waals surface area contributed by atoms with Gasteiger partial charge in [0.25, 0.3) is 0 Å². The van der Waals surface area contributed by atoms with Crippen LogP contribution >= 0.6 is 0 Å². The van der Waals surface area contributed by atoms with Crippen LogP contribution in [0.1, 0.15) is 33.6 Å². The lowest BCUT2D eigenvalue weighted by molar-refractivity contribution is -0.147. The summed E-state index contributed by atoms with van der Waals surface area (Å²) in [7, 11) is 1.40. The van der Waals surface area contributed by atoms with Gasteiger partial charge in [0.05, 0.1) is 13.0 Å². The third-order valence-corrected chi connectivity index (χ3v) is 3.30. The Morgan fingerprint density at radius 2 is 1.90 bits per heavy atom. The van der Waals surface area contributed by atoms with E-state index in [4.69, 9.17) is 9.47 Å². The molecule has 1 aliphatic rings. The first-order chi connectivity index (χ1) is 9.33. The van der Waals surface area contributed by atoms with E-state index in [1.807, 2.05) is 20.8 Å². The SMILES string of the molecule is COC(=O)C1CCNCCC1CNC(=O)OC(C)(C)C. The fourth-order valence-electron chi connectivity index (χ4n) is 2.34. The number of methoxy groups -OCH3 is 1. The molecular weight excluding hydrogens is 260 g/mol. The second-order valence-electron chi connectivity index (χ2n) is 6.10. The minimum atomic E-state index is -0.517. The number of carbonyl (C=O) groups excluding carboxylic acids is 2. The average molecular weight is 286 g/mol. The summed E-state index contributed by atoms with van der Waals surface area (Å²) in [4.78, 5) is 23.5. The molecule has 116 valence electrons. The van der Waals surface area contributed by atoms with Gasteiger partial charge < -0.3 is 20.1 Å². The number of rotatable bonds is 3. The molecule has 2 N–H and O–H groups in total. The number of nitrogens with one attached hydrogen (secondary N) is 2. The Bertz CT molecular complexity index is 339. The van der Waals surface area contributed by atoms with E-state index in [-0.39, 0.29) is 17.8 Å². The fourth-order valence-corrected chi connectivity index (χ4v) is 2.34. The average Bonchev–Trinajstić information content (AvgIpc) is 2.58. The first-order valence-corrected chi connectivity index (χ1v) is 7.09. The van der Waals surface area contributed by atoms with E-state index in [0.29, 0.717) is 6.54 Å². The highest BCUT2D eigenvalue weighted by Crippen LogP contribution is 2.22. The molecule has 1 rings (SSSR count). The lowest BCUT2D eigenvalue weighted by atomic mass is 9.88. The van der Waals surface area contributed by atoms with E-state index >= 15 is 0 Å². The molecule has 0 aliphatic carbocycles. The van der Waals surface area contributed by atoms with Crippen molar-refractivity contribution < 1.29 is 19.1 Å². The van der Waals surface area contributed by atoms with E-state index < -0.39 is 11.7 Å². The quantitative estimate of drug-likeness (QED) is 0.765. The molecule has 1 fully saturated rings. The van der Waals surface area contributed by atoms with E-state index in [0.717, 1.165) is 25.9 Å². The highest BCUT2D eigenvalue weighted by Gasteiger charge is 2.31. The molecule has 6 heteroatoms. The molecule has 0 aromatic carbocycles. The second-order valence-corrected chi connectivity index (χ2v) is 6.10. The van der Waals surface area contributed by atoms with Crippen LogP contribution in [0.4, 0.5) is 4.79 Å². The van der Waals surface area contributed by atoms with Gasteiger partial charge in [-0.25, -0.2) is 4.79 Å². The molecule has 2 atom stereocenters. The maximum atomic E-state index is 11.8. The van der Waals surface area contributed by atoms with E-state index in [1.54, 1.807) is 0 Å². The van der Waals surface area contributed by atoms with Gasteiger partial charge in [0.15, 0.2) is 0 Å². The van der Waals surface area contributed by atoms with Crippen molar-refractivity contribution >= 4 is 12.1 Å². The first kappa shape index (κ1) is 16.8. The number of esters is 1. The van der Waals surface area contributed by atoms with Gasteiger partial charge >= 0.3 is 12.1 Å². The topological polar surface area (TPSA) is 76.7 Å². The van der Waals surface area contributed by atoms with Crippen molar-refractivity contribution in [3.8, 4) is 0 Å². The number of carbonyl (C=O) groups is 2. The zero-order chi connectivity index (χ0) is 15.2. The minimum Gasteiger partial charge on any atom is -0.469 e. The van der Waals surface area contributed by atoms with Crippen LogP contribution in [-0.4, -0.2) is 44.4 Å². The van der Waals surface area contributed by atoms with Crippen molar-refractivity contribution in [1.82, 2.24) is 10.6 Å². The highest BCUT2D eigenvalue weighted by molar-refractivity contribution is 5.73. The van der Waals surface area contributed by atoms with E-state index in [2.05, 4.69) is 10.6 Å². The predicted molar refractivity (Wildman–Crippen MR) is 75.3 cm³/mol. The molecule has 1 heterocycles. The van der Waals surface area contributed by atoms with Crippen LogP contribution in [0.5, 0.6) is 0 Å². The van der Waals surface area contributed by atoms with E-state index in [1.165, 1.54) is 7.11 Å². The maximum absolute atomic E-state index is 11.8. The summed E-state index contributed by atoms with van der Waals surface area (Å²) in [5, 5.41) is 6.01. The zero-order valence-corrected chi connectivity index (χ0v) is 12.8. The molecule has 0 radical (unpaired) electrons. The monoisotopic (exact) mass is 286 g/mol. The summed E-state index contributed by atoms with van der Waals surface area (Å²) in [5.74, 6) is -0.306. The predicted octanol–water partition coefficient (Wildman–Crippen LogP) is 1.30. The third-order valence-electron chi connectivity index (χ3n) is 3.30. The lowest BCUT2D eigenvalue weighted by Gasteiger charge is -2.24. The standard InChI is InChI=1S/C14H26N2O4/c1-14(2,3)20-13(18)16-9-10-5-7-15-8-6-11(10)12(17)19-4/h10-11,15H,5-9H2,1-4H3,(H,16,18). The summed E-state index contributed by atoms with van der Waals surface area (Å²) in [6.07, 6.45) is 1.11. The smallest absolute Gasteiger partial charge is 0.407 e. The van der Waals surface area contributed by atoms with Crippen LogP contribution < -0.4 is 10.6 Å². The Kier molecular flexibility index (Phi) is 6.26. The largest absolute Gasteiger partial charge is 0.469 e. The van der Waals surface area contributed by atoms with Crippen LogP contribution in [0.15, 0.2) is 0 Å². The summed E-state index contributed by atoms with van der Waals surface area (Å²) < 4.78 is 10.1. The number of amides is 1. The van der Waals surface area contributed by atoms with Crippen LogP contribution in [-0.2, 0) is 14.3 Å². The van der Waals surface area contributed by atoms with Gasteiger partial charge in [0.1, 0.15) is 5.60 Å². The van der Waals surface area contributed by atoms with Gasteiger partial charge in [-0.15, -0.1) is 0 Å². The summed E-state index contributed by atoms with van der Waals surface area (Å²) in [5.41, 5.74) is -0.517. The Labute approximate surface area is 120 Å². The molecule has 1 saturated heterocycles. The van der Waals surface area contributed by atoms with Gasteiger partial charge in [-0.3, -0.25) is 4.79 Å². The fraction of sp³-hybridized carbons (Fsp3) is 0.857. The Morgan fingerprint density at radius 3 is 2.50 bits per heavy atom. The maximum Gasteiger partial charge on any atom is 0.407 e. The van der Waals surface area contributed by atoms with Gasteiger partial charge in [0, 0.05) is 6.54 Å². The molecule has 20 heavy (non-hydrogen) atoms. The molecular formula is C14H26N2O4. The number of hydrogen-bond acceptors (Lipinski definition) is 5. The molecule has 0 aromatic heterocycles. The molecule has 2 unspecified atom stereocenters. The van der Waals surface area contributed by atoms with Crippen molar-refractivity contribution in [1.29, 1.82) is 0 Å². The molecule has 0 spiro atoms. The first-order valence-electron chi connectivity index (χ1n) is 7.09. The molecule has 1 aliphatic heterocycles. The van der Waals surface area contributed by atoms with Crippen molar-refractivity contribution in [3.63, 3.8) is 0 Å². The van der Waals surface area contributed by atoms with Gasteiger partial charge in [-0.05, 0) is 52.6 Å². The van der Waals surface area contributed by atoms with Crippen LogP contribution in [0.2, 0.25) is 0 Å². The van der Waals surface area contributed by atoms with Crippen molar-refractivity contribution in [2.45, 2.75) is 39.2 Å². The molecule has 0 aromatic rings. The van der Waals surface area contributed by atoms with Crippen LogP contribution in [0.3, 0.4) is 0 Å². The Hall–Kier alpha value is -1.30. The summed E-state index contributed by atoms with van der Waals surface area (Å²) in [6.45, 7) is 7.52. The highest BCUT2D eigenvalue weighted by atomic mass is 16.6. The Balaban J connectivity index is 2.53. The van der Waals surface area contributed by atoms with Crippen molar-refractivity contribution in [3.05, 3.63) is 0 Å². The van der Waals surface area contributed by atoms with E-state index in [9.17, 15) is 9.59 Å². The van der Waals surface area contributed by atoms with Crippen LogP contribution in [0.25, 0.3) is 0 Å². The third kappa shape index (κ3) is 5.77. The normalized spacial score (nSPS) is 23.6. The van der Waals surface area contributed by atoms with Crippen molar-refractivity contribution in [2.24, 2.45) is 11.8 Å². The van der Waals surface area contributed by atoms with Gasteiger partial charge in [0.2, 0.25) is 0 Å². The number of alkyl carbamates (subject to hydrolysis) is 1. The van der Waals surface area contributed by atoms with Crippen LogP contribution in [0, 0.1) is 11.8 Å². The second kappa shape index (κ2) is 7.47. The van der Waals surface area contributed by atoms with Gasteiger partial charge in [-0.1, -0.05) is 0 Å².